The first kappa shape index (κ1) is 19.7. The summed E-state index contributed by atoms with van der Waals surface area (Å²) in [5, 5.41) is 3.42. The lowest BCUT2D eigenvalue weighted by molar-refractivity contribution is 0.156. The van der Waals surface area contributed by atoms with E-state index in [2.05, 4.69) is 41.2 Å². The zero-order chi connectivity index (χ0) is 12.8. The van der Waals surface area contributed by atoms with Crippen molar-refractivity contribution in [1.82, 2.24) is 15.2 Å². The van der Waals surface area contributed by atoms with Gasteiger partial charge in [-0.25, -0.2) is 0 Å². The predicted octanol–water partition coefficient (Wildman–Crippen LogP) is 3.31. The van der Waals surface area contributed by atoms with Gasteiger partial charge >= 0.3 is 0 Å². The predicted molar refractivity (Wildman–Crippen MR) is 90.0 cm³/mol. The first-order valence-electron chi connectivity index (χ1n) is 7.13. The van der Waals surface area contributed by atoms with Gasteiger partial charge in [-0.05, 0) is 30.9 Å². The third-order valence-electron chi connectivity index (χ3n) is 3.64. The van der Waals surface area contributed by atoms with Gasteiger partial charge in [-0.1, -0.05) is 19.9 Å². The average molecular weight is 320 g/mol. The summed E-state index contributed by atoms with van der Waals surface area (Å²) in [5.74, 6) is 0.763. The molecule has 1 saturated heterocycles. The van der Waals surface area contributed by atoms with Crippen molar-refractivity contribution in [3.63, 3.8) is 0 Å². The maximum atomic E-state index is 4.57. The molecule has 2 rings (SSSR count). The van der Waals surface area contributed by atoms with E-state index in [9.17, 15) is 0 Å². The van der Waals surface area contributed by atoms with Crippen molar-refractivity contribution in [1.29, 1.82) is 0 Å². The summed E-state index contributed by atoms with van der Waals surface area (Å²) in [6, 6.07) is 6.77. The van der Waals surface area contributed by atoms with Crippen LogP contribution in [0, 0.1) is 5.92 Å². The van der Waals surface area contributed by atoms with E-state index in [1.54, 1.807) is 0 Å². The lowest BCUT2D eigenvalue weighted by Gasteiger charge is -2.35. The van der Waals surface area contributed by atoms with Crippen LogP contribution in [-0.4, -0.2) is 36.1 Å². The number of nitrogens with zero attached hydrogens (tertiary/aromatic N) is 2. The van der Waals surface area contributed by atoms with Crippen LogP contribution in [0.15, 0.2) is 24.4 Å². The summed E-state index contributed by atoms with van der Waals surface area (Å²) in [4.78, 5) is 7.15. The molecule has 1 atom stereocenters. The fourth-order valence-electron chi connectivity index (χ4n) is 2.58. The Morgan fingerprint density at radius 3 is 2.40 bits per heavy atom. The van der Waals surface area contributed by atoms with Gasteiger partial charge in [0.25, 0.3) is 0 Å². The molecule has 0 bridgehead atoms. The molecule has 0 spiro atoms. The molecule has 1 aliphatic heterocycles. The minimum atomic E-state index is 0. The molecule has 1 aromatic rings. The van der Waals surface area contributed by atoms with Gasteiger partial charge in [0.2, 0.25) is 0 Å². The second-order valence-corrected chi connectivity index (χ2v) is 5.53. The number of hydrogen-bond donors (Lipinski definition) is 1. The van der Waals surface area contributed by atoms with Crippen LogP contribution in [0.25, 0.3) is 0 Å². The van der Waals surface area contributed by atoms with E-state index in [4.69, 9.17) is 0 Å². The topological polar surface area (TPSA) is 28.2 Å². The molecule has 0 amide bonds. The van der Waals surface area contributed by atoms with E-state index < -0.39 is 0 Å². The van der Waals surface area contributed by atoms with Crippen LogP contribution in [0.2, 0.25) is 0 Å². The normalized spacial score (nSPS) is 17.1. The Morgan fingerprint density at radius 1 is 1.15 bits per heavy atom. The van der Waals surface area contributed by atoms with Gasteiger partial charge in [-0.2, -0.15) is 0 Å². The monoisotopic (exact) mass is 319 g/mol. The molecule has 0 aliphatic carbocycles. The lowest BCUT2D eigenvalue weighted by Crippen LogP contribution is -2.45. The zero-order valence-corrected chi connectivity index (χ0v) is 14.1. The van der Waals surface area contributed by atoms with Crippen molar-refractivity contribution in [3.05, 3.63) is 30.1 Å². The minimum Gasteiger partial charge on any atom is -0.314 e. The summed E-state index contributed by atoms with van der Waals surface area (Å²) < 4.78 is 0. The van der Waals surface area contributed by atoms with Crippen molar-refractivity contribution < 1.29 is 0 Å². The Bertz CT molecular complexity index is 340. The highest BCUT2D eigenvalue weighted by atomic mass is 35.5. The van der Waals surface area contributed by atoms with Gasteiger partial charge < -0.3 is 5.32 Å². The van der Waals surface area contributed by atoms with Crippen LogP contribution in [0.1, 0.15) is 38.4 Å². The molecule has 1 aromatic heterocycles. The molecule has 116 valence electrons. The number of aromatic nitrogens is 1. The highest BCUT2D eigenvalue weighted by molar-refractivity contribution is 5.85. The van der Waals surface area contributed by atoms with E-state index in [0.29, 0.717) is 6.04 Å². The molecule has 1 aliphatic rings. The van der Waals surface area contributed by atoms with Gasteiger partial charge in [0.05, 0.1) is 11.7 Å². The third-order valence-corrected chi connectivity index (χ3v) is 3.64. The summed E-state index contributed by atoms with van der Waals surface area (Å²) >= 11 is 0. The molecule has 5 heteroatoms. The Labute approximate surface area is 135 Å². The zero-order valence-electron chi connectivity index (χ0n) is 12.4. The van der Waals surface area contributed by atoms with Crippen molar-refractivity contribution in [2.45, 2.75) is 32.7 Å². The average Bonchev–Trinajstić information content (AvgIpc) is 2.41. The molecule has 3 nitrogen and oxygen atoms in total. The molecule has 1 fully saturated rings. The maximum absolute atomic E-state index is 4.57. The summed E-state index contributed by atoms with van der Waals surface area (Å²) in [7, 11) is 0. The number of halogens is 2. The largest absolute Gasteiger partial charge is 0.314 e. The van der Waals surface area contributed by atoms with Crippen LogP contribution >= 0.6 is 24.8 Å². The molecule has 0 saturated carbocycles. The molecule has 1 N–H and O–H groups in total. The van der Waals surface area contributed by atoms with Gasteiger partial charge in [-0.15, -0.1) is 24.8 Å². The van der Waals surface area contributed by atoms with Crippen LogP contribution in [0.5, 0.6) is 0 Å². The number of piperazine rings is 1. The Hall–Kier alpha value is -0.350. The highest BCUT2D eigenvalue weighted by Gasteiger charge is 2.22. The molecule has 0 radical (unpaired) electrons. The fourth-order valence-corrected chi connectivity index (χ4v) is 2.58. The molecular weight excluding hydrogens is 293 g/mol. The van der Waals surface area contributed by atoms with Crippen molar-refractivity contribution in [2.75, 3.05) is 26.2 Å². The number of pyridine rings is 1. The Kier molecular flexibility index (Phi) is 10.2. The molecular formula is C15H27Cl2N3. The van der Waals surface area contributed by atoms with E-state index >= 15 is 0 Å². The Balaban J connectivity index is 0.00000180. The first-order valence-corrected chi connectivity index (χ1v) is 7.13. The number of hydrogen-bond acceptors (Lipinski definition) is 3. The highest BCUT2D eigenvalue weighted by Crippen LogP contribution is 2.26. The number of nitrogens with one attached hydrogen (secondary N) is 1. The van der Waals surface area contributed by atoms with Gasteiger partial charge in [0, 0.05) is 32.4 Å². The molecule has 2 heterocycles. The van der Waals surface area contributed by atoms with E-state index in [1.165, 1.54) is 18.5 Å². The molecule has 0 aromatic carbocycles. The van der Waals surface area contributed by atoms with Crippen LogP contribution in [0.3, 0.4) is 0 Å². The second-order valence-electron chi connectivity index (χ2n) is 5.53. The fraction of sp³-hybridized carbons (Fsp3) is 0.667. The third kappa shape index (κ3) is 5.96. The quantitative estimate of drug-likeness (QED) is 0.902. The van der Waals surface area contributed by atoms with Crippen LogP contribution in [0.4, 0.5) is 0 Å². The molecule has 20 heavy (non-hydrogen) atoms. The van der Waals surface area contributed by atoms with Gasteiger partial charge in [-0.3, -0.25) is 9.88 Å². The van der Waals surface area contributed by atoms with Crippen molar-refractivity contribution in [2.24, 2.45) is 5.92 Å². The van der Waals surface area contributed by atoms with Crippen LogP contribution < -0.4 is 5.32 Å². The van der Waals surface area contributed by atoms with Crippen molar-refractivity contribution in [3.8, 4) is 0 Å². The second kappa shape index (κ2) is 10.4. The van der Waals surface area contributed by atoms with Crippen LogP contribution in [-0.2, 0) is 0 Å². The van der Waals surface area contributed by atoms with E-state index in [0.717, 1.165) is 32.1 Å². The summed E-state index contributed by atoms with van der Waals surface area (Å²) in [6.07, 6.45) is 4.40. The Morgan fingerprint density at radius 2 is 1.85 bits per heavy atom. The maximum Gasteiger partial charge on any atom is 0.0575 e. The minimum absolute atomic E-state index is 0. The number of rotatable bonds is 5. The van der Waals surface area contributed by atoms with E-state index in [1.807, 2.05) is 12.3 Å². The SMILES string of the molecule is CC(C)CC[C@@H](c1ccccn1)N1CCNCC1.Cl.Cl. The lowest BCUT2D eigenvalue weighted by atomic mass is 9.99. The summed E-state index contributed by atoms with van der Waals surface area (Å²) in [6.45, 7) is 9.08. The van der Waals surface area contributed by atoms with Gasteiger partial charge in [0.1, 0.15) is 0 Å². The smallest absolute Gasteiger partial charge is 0.0575 e. The van der Waals surface area contributed by atoms with Gasteiger partial charge in [0.15, 0.2) is 0 Å². The standard InChI is InChI=1S/C15H25N3.2ClH/c1-13(2)6-7-15(14-5-3-4-8-17-14)18-11-9-16-10-12-18;;/h3-5,8,13,15-16H,6-7,9-12H2,1-2H3;2*1H/t15-;;/m0../s1. The molecule has 0 unspecified atom stereocenters. The first-order chi connectivity index (χ1) is 8.77. The van der Waals surface area contributed by atoms with E-state index in [-0.39, 0.29) is 24.8 Å². The van der Waals surface area contributed by atoms with Crippen molar-refractivity contribution >= 4 is 24.8 Å². The summed E-state index contributed by atoms with van der Waals surface area (Å²) in [5.41, 5.74) is 1.24.